The van der Waals surface area contributed by atoms with Crippen molar-refractivity contribution in [2.75, 3.05) is 0 Å². The monoisotopic (exact) mass is 627 g/mol. The zero-order valence-corrected chi connectivity index (χ0v) is 30.6. The Bertz CT molecular complexity index is 798. The highest BCUT2D eigenvalue weighted by Gasteiger charge is 2.07. The molecule has 0 aromatic carbocycles. The molecule has 45 heavy (non-hydrogen) atoms. The van der Waals surface area contributed by atoms with Crippen LogP contribution in [0.25, 0.3) is 0 Å². The molecule has 2 aromatic heterocycles. The minimum atomic E-state index is 1.10. The van der Waals surface area contributed by atoms with Gasteiger partial charge < -0.3 is 0 Å². The first-order chi connectivity index (χ1) is 22.3. The topological polar surface area (TPSA) is 17.6 Å². The van der Waals surface area contributed by atoms with Gasteiger partial charge in [0.15, 0.2) is 0 Å². The first kappa shape index (κ1) is 39.6. The molecule has 260 valence electrons. The molecule has 0 atom stereocenters. The lowest BCUT2D eigenvalue weighted by Crippen LogP contribution is -2.37. The molecular formula is C41H78N4+2. The highest BCUT2D eigenvalue weighted by Crippen LogP contribution is 2.14. The summed E-state index contributed by atoms with van der Waals surface area (Å²) in [6.45, 7) is 9.14. The standard InChI is InChI=1S/C41H78N4/c1-3-5-7-9-11-13-15-17-19-21-23-25-27-29-32-42-36-38-44(40-42)34-31-35-45-39-37-43(41-45)33-30-28-26-24-22-20-18-16-14-12-10-8-6-4-2/h36-41H,3-35H2,1-2H3/q+2. The molecule has 0 saturated carbocycles. The van der Waals surface area contributed by atoms with Crippen molar-refractivity contribution in [1.29, 1.82) is 0 Å². The zero-order chi connectivity index (χ0) is 31.9. The molecule has 4 nitrogen and oxygen atoms in total. The maximum atomic E-state index is 2.39. The van der Waals surface area contributed by atoms with Gasteiger partial charge in [-0.3, -0.25) is 0 Å². The number of hydrogen-bond acceptors (Lipinski definition) is 0. The first-order valence-corrected chi connectivity index (χ1v) is 20.4. The molecule has 0 radical (unpaired) electrons. The summed E-state index contributed by atoms with van der Waals surface area (Å²) in [4.78, 5) is 0. The van der Waals surface area contributed by atoms with Crippen molar-refractivity contribution in [2.45, 2.75) is 226 Å². The molecule has 0 amide bonds. The summed E-state index contributed by atoms with van der Waals surface area (Å²) in [5.74, 6) is 0. The smallest absolute Gasteiger partial charge is 0.237 e. The third kappa shape index (κ3) is 23.4. The molecule has 0 unspecified atom stereocenters. The highest BCUT2D eigenvalue weighted by molar-refractivity contribution is 4.67. The van der Waals surface area contributed by atoms with E-state index in [1.807, 2.05) is 0 Å². The molecule has 0 bridgehead atoms. The Morgan fingerprint density at radius 1 is 0.333 bits per heavy atom. The summed E-state index contributed by atoms with van der Waals surface area (Å²) >= 11 is 0. The molecule has 0 fully saturated rings. The fraction of sp³-hybridized carbons (Fsp3) is 0.854. The summed E-state index contributed by atoms with van der Waals surface area (Å²) < 4.78 is 9.52. The summed E-state index contributed by atoms with van der Waals surface area (Å²) in [7, 11) is 0. The van der Waals surface area contributed by atoms with E-state index in [9.17, 15) is 0 Å². The van der Waals surface area contributed by atoms with Gasteiger partial charge in [-0.05, 0) is 25.7 Å². The molecular weight excluding hydrogens is 548 g/mol. The van der Waals surface area contributed by atoms with Gasteiger partial charge >= 0.3 is 0 Å². The second kappa shape index (κ2) is 29.8. The lowest BCUT2D eigenvalue weighted by atomic mass is 10.0. The van der Waals surface area contributed by atoms with Crippen LogP contribution in [-0.4, -0.2) is 9.13 Å². The number of unbranched alkanes of at least 4 members (excludes halogenated alkanes) is 26. The Labute approximate surface area is 281 Å². The van der Waals surface area contributed by atoms with Crippen LogP contribution < -0.4 is 9.13 Å². The fourth-order valence-electron chi connectivity index (χ4n) is 6.82. The van der Waals surface area contributed by atoms with Gasteiger partial charge in [0.2, 0.25) is 12.7 Å². The Kier molecular flexibility index (Phi) is 26.2. The van der Waals surface area contributed by atoms with Crippen molar-refractivity contribution in [2.24, 2.45) is 0 Å². The molecule has 0 N–H and O–H groups in total. The molecule has 0 aliphatic carbocycles. The summed E-state index contributed by atoms with van der Waals surface area (Å²) in [5, 5.41) is 0. The first-order valence-electron chi connectivity index (χ1n) is 20.4. The van der Waals surface area contributed by atoms with Gasteiger partial charge in [-0.15, -0.1) is 0 Å². The van der Waals surface area contributed by atoms with Gasteiger partial charge in [0.1, 0.15) is 24.8 Å². The third-order valence-corrected chi connectivity index (χ3v) is 9.86. The fourth-order valence-corrected chi connectivity index (χ4v) is 6.82. The molecule has 2 aromatic rings. The van der Waals surface area contributed by atoms with Crippen LogP contribution in [0.5, 0.6) is 0 Å². The Morgan fingerprint density at radius 2 is 0.600 bits per heavy atom. The van der Waals surface area contributed by atoms with Crippen LogP contribution in [0, 0.1) is 0 Å². The number of aromatic nitrogens is 4. The van der Waals surface area contributed by atoms with Crippen molar-refractivity contribution in [3.63, 3.8) is 0 Å². The van der Waals surface area contributed by atoms with Crippen LogP contribution >= 0.6 is 0 Å². The van der Waals surface area contributed by atoms with Crippen molar-refractivity contribution >= 4 is 0 Å². The second-order valence-electron chi connectivity index (χ2n) is 14.3. The van der Waals surface area contributed by atoms with Crippen molar-refractivity contribution < 1.29 is 9.13 Å². The van der Waals surface area contributed by atoms with Crippen LogP contribution in [0.2, 0.25) is 0 Å². The van der Waals surface area contributed by atoms with Crippen molar-refractivity contribution in [3.8, 4) is 0 Å². The van der Waals surface area contributed by atoms with E-state index in [0.29, 0.717) is 0 Å². The number of nitrogens with zero attached hydrogens (tertiary/aromatic N) is 4. The van der Waals surface area contributed by atoms with Crippen LogP contribution in [0.3, 0.4) is 0 Å². The molecule has 2 heterocycles. The number of hydrogen-bond donors (Lipinski definition) is 0. The van der Waals surface area contributed by atoms with Crippen LogP contribution in [-0.2, 0) is 26.2 Å². The molecule has 0 aliphatic heterocycles. The quantitative estimate of drug-likeness (QED) is 0.0543. The molecule has 2 rings (SSSR count). The summed E-state index contributed by atoms with van der Waals surface area (Å²) in [6, 6.07) is 0. The van der Waals surface area contributed by atoms with Crippen LogP contribution in [0.15, 0.2) is 37.4 Å². The average molecular weight is 627 g/mol. The second-order valence-corrected chi connectivity index (χ2v) is 14.3. The van der Waals surface area contributed by atoms with E-state index in [0.717, 1.165) is 13.1 Å². The van der Waals surface area contributed by atoms with E-state index in [1.165, 1.54) is 199 Å². The van der Waals surface area contributed by atoms with Gasteiger partial charge in [-0.25, -0.2) is 18.3 Å². The summed E-state index contributed by atoms with van der Waals surface area (Å²) in [6.07, 6.45) is 54.8. The number of rotatable bonds is 34. The van der Waals surface area contributed by atoms with Crippen molar-refractivity contribution in [3.05, 3.63) is 37.4 Å². The molecule has 0 saturated heterocycles. The highest BCUT2D eigenvalue weighted by atomic mass is 15.1. The predicted octanol–water partition coefficient (Wildman–Crippen LogP) is 11.9. The zero-order valence-electron chi connectivity index (χ0n) is 30.6. The number of aryl methyl sites for hydroxylation is 4. The van der Waals surface area contributed by atoms with E-state index in [4.69, 9.17) is 0 Å². The molecule has 0 spiro atoms. The minimum Gasteiger partial charge on any atom is -0.237 e. The van der Waals surface area contributed by atoms with Gasteiger partial charge in [0, 0.05) is 6.42 Å². The lowest BCUT2D eigenvalue weighted by molar-refractivity contribution is -0.726. The van der Waals surface area contributed by atoms with Crippen molar-refractivity contribution in [1.82, 2.24) is 9.13 Å². The van der Waals surface area contributed by atoms with Crippen LogP contribution in [0.1, 0.15) is 200 Å². The van der Waals surface area contributed by atoms with Gasteiger partial charge in [-0.2, -0.15) is 0 Å². The Balaban J connectivity index is 1.36. The minimum absolute atomic E-state index is 1.10. The van der Waals surface area contributed by atoms with E-state index in [2.05, 4.69) is 69.6 Å². The Hall–Kier alpha value is -1.58. The average Bonchev–Trinajstić information content (AvgIpc) is 3.71. The SMILES string of the molecule is CCCCCCCCCCCCCCCCn1cc[n+](CCC[n+]2ccn(CCCCCCCCCCCCCCCC)c2)c1. The summed E-state index contributed by atoms with van der Waals surface area (Å²) in [5.41, 5.74) is 0. The Morgan fingerprint density at radius 3 is 0.889 bits per heavy atom. The number of imidazole rings is 2. The van der Waals surface area contributed by atoms with E-state index in [-0.39, 0.29) is 0 Å². The predicted molar refractivity (Wildman–Crippen MR) is 194 cm³/mol. The van der Waals surface area contributed by atoms with Gasteiger partial charge in [-0.1, -0.05) is 168 Å². The third-order valence-electron chi connectivity index (χ3n) is 9.86. The normalized spacial score (nSPS) is 11.6. The van der Waals surface area contributed by atoms with E-state index < -0.39 is 0 Å². The van der Waals surface area contributed by atoms with E-state index in [1.54, 1.807) is 0 Å². The largest absolute Gasteiger partial charge is 0.243 e. The maximum Gasteiger partial charge on any atom is 0.243 e. The molecule has 0 aliphatic rings. The lowest BCUT2D eigenvalue weighted by Gasteiger charge is -2.03. The van der Waals surface area contributed by atoms with E-state index >= 15 is 0 Å². The maximum absolute atomic E-state index is 2.39. The van der Waals surface area contributed by atoms with Gasteiger partial charge in [0.05, 0.1) is 26.2 Å². The van der Waals surface area contributed by atoms with Crippen LogP contribution in [0.4, 0.5) is 0 Å². The van der Waals surface area contributed by atoms with Gasteiger partial charge in [0.25, 0.3) is 0 Å². The molecule has 4 heteroatoms.